The standard InChI is InChI=1S/C35H49N5O15P2/c41-30(36-18-4-1-2-7-35(46)53-40-33(44)16-17-34(40)45)6-3-5-21-39(22-19-37-31(42)24-26-8-12-28(13-9-26)54-56(47,48)49)23-20-38-32(43)25-27-10-14-29(15-11-27)55-57(50,51)52/h8-17,44-45H,1-7,18-25H2,(H,36,41)(H,37,42)(H,38,43)(H2,47,48,49)(H2,50,51,52). The number of amides is 3. The first-order valence-electron chi connectivity index (χ1n) is 18.0. The van der Waals surface area contributed by atoms with Gasteiger partial charge in [0.25, 0.3) is 0 Å². The summed E-state index contributed by atoms with van der Waals surface area (Å²) >= 11 is 0. The fourth-order valence-electron chi connectivity index (χ4n) is 5.30. The molecule has 0 spiro atoms. The zero-order valence-corrected chi connectivity index (χ0v) is 32.8. The van der Waals surface area contributed by atoms with Crippen LogP contribution in [0.25, 0.3) is 0 Å². The van der Waals surface area contributed by atoms with Crippen molar-refractivity contribution in [2.45, 2.75) is 57.8 Å². The number of aromatic hydroxyl groups is 2. The predicted molar refractivity (Wildman–Crippen MR) is 203 cm³/mol. The van der Waals surface area contributed by atoms with E-state index in [1.54, 1.807) is 0 Å². The molecule has 1 heterocycles. The number of rotatable bonds is 26. The predicted octanol–water partition coefficient (Wildman–Crippen LogP) is 1.66. The van der Waals surface area contributed by atoms with Crippen molar-refractivity contribution in [2.75, 3.05) is 39.3 Å². The minimum atomic E-state index is -4.70. The largest absolute Gasteiger partial charge is 0.524 e. The number of phosphoric ester groups is 2. The second kappa shape index (κ2) is 23.3. The van der Waals surface area contributed by atoms with Crippen molar-refractivity contribution in [1.29, 1.82) is 0 Å². The van der Waals surface area contributed by atoms with Gasteiger partial charge in [-0.15, -0.1) is 4.73 Å². The molecule has 0 unspecified atom stereocenters. The van der Waals surface area contributed by atoms with E-state index in [0.717, 1.165) is 0 Å². The van der Waals surface area contributed by atoms with Crippen LogP contribution in [0.3, 0.4) is 0 Å². The van der Waals surface area contributed by atoms with Gasteiger partial charge >= 0.3 is 21.6 Å². The summed E-state index contributed by atoms with van der Waals surface area (Å²) in [6, 6.07) is 13.9. The molecule has 2 aromatic carbocycles. The average molecular weight is 842 g/mol. The smallest absolute Gasteiger partial charge is 0.492 e. The first-order chi connectivity index (χ1) is 27.0. The van der Waals surface area contributed by atoms with Crippen LogP contribution in [0.5, 0.6) is 23.3 Å². The van der Waals surface area contributed by atoms with E-state index in [4.69, 9.17) is 24.4 Å². The lowest BCUT2D eigenvalue weighted by Crippen LogP contribution is -2.40. The quantitative estimate of drug-likeness (QED) is 0.0410. The lowest BCUT2D eigenvalue weighted by molar-refractivity contribution is -0.145. The molecule has 0 atom stereocenters. The lowest BCUT2D eigenvalue weighted by atomic mass is 10.1. The molecular weight excluding hydrogens is 792 g/mol. The van der Waals surface area contributed by atoms with Crippen molar-refractivity contribution in [1.82, 2.24) is 25.6 Å². The molecule has 0 radical (unpaired) electrons. The Bertz CT molecular complexity index is 1740. The van der Waals surface area contributed by atoms with Crippen LogP contribution in [0, 0.1) is 0 Å². The number of hydrogen-bond acceptors (Lipinski definition) is 12. The van der Waals surface area contributed by atoms with E-state index in [2.05, 4.69) is 25.0 Å². The van der Waals surface area contributed by atoms with Gasteiger partial charge in [-0.05, 0) is 67.6 Å². The van der Waals surface area contributed by atoms with Gasteiger partial charge in [0, 0.05) is 57.7 Å². The number of nitrogens with one attached hydrogen (secondary N) is 3. The van der Waals surface area contributed by atoms with Gasteiger partial charge < -0.3 is 40.0 Å². The van der Waals surface area contributed by atoms with Gasteiger partial charge in [0.1, 0.15) is 11.5 Å². The topological polar surface area (TPSA) is 296 Å². The number of carbonyl (C=O) groups excluding carboxylic acids is 4. The summed E-state index contributed by atoms with van der Waals surface area (Å²) in [6.45, 7) is 2.43. The van der Waals surface area contributed by atoms with Crippen molar-refractivity contribution in [2.24, 2.45) is 0 Å². The van der Waals surface area contributed by atoms with Crippen LogP contribution < -0.4 is 29.8 Å². The van der Waals surface area contributed by atoms with E-state index in [-0.39, 0.29) is 68.0 Å². The minimum Gasteiger partial charge on any atom is -0.492 e. The Morgan fingerprint density at radius 1 is 0.561 bits per heavy atom. The zero-order chi connectivity index (χ0) is 41.8. The van der Waals surface area contributed by atoms with Gasteiger partial charge in [0.2, 0.25) is 29.5 Å². The molecule has 22 heteroatoms. The summed E-state index contributed by atoms with van der Waals surface area (Å²) in [5.41, 5.74) is 1.20. The molecule has 314 valence electrons. The Balaban J connectivity index is 1.38. The Kier molecular flexibility index (Phi) is 19.0. The molecule has 1 aromatic heterocycles. The second-order valence-electron chi connectivity index (χ2n) is 12.8. The van der Waals surface area contributed by atoms with Crippen LogP contribution >= 0.6 is 15.6 Å². The maximum absolute atomic E-state index is 12.6. The molecule has 3 rings (SSSR count). The summed E-state index contributed by atoms with van der Waals surface area (Å²) < 4.78 is 31.7. The van der Waals surface area contributed by atoms with Crippen molar-refractivity contribution in [3.63, 3.8) is 0 Å². The number of hydrogen-bond donors (Lipinski definition) is 9. The van der Waals surface area contributed by atoms with Gasteiger partial charge in [0.05, 0.1) is 12.8 Å². The van der Waals surface area contributed by atoms with Gasteiger partial charge in [0.15, 0.2) is 0 Å². The van der Waals surface area contributed by atoms with Crippen LogP contribution in [-0.4, -0.2) is 102 Å². The zero-order valence-electron chi connectivity index (χ0n) is 31.0. The van der Waals surface area contributed by atoms with Gasteiger partial charge in [-0.1, -0.05) is 30.7 Å². The summed E-state index contributed by atoms with van der Waals surface area (Å²) in [7, 11) is -9.41. The van der Waals surface area contributed by atoms with E-state index in [1.807, 2.05) is 4.90 Å². The third-order valence-electron chi connectivity index (χ3n) is 8.02. The van der Waals surface area contributed by atoms with E-state index in [0.29, 0.717) is 74.1 Å². The summed E-state index contributed by atoms with van der Waals surface area (Å²) in [6.07, 6.45) is 3.38. The molecule has 3 aromatic rings. The number of unbranched alkanes of at least 4 members (excludes halogenated alkanes) is 3. The van der Waals surface area contributed by atoms with E-state index < -0.39 is 33.4 Å². The number of aromatic nitrogens is 1. The fraction of sp³-hybridized carbons (Fsp3) is 0.429. The molecule has 0 bridgehead atoms. The second-order valence-corrected chi connectivity index (χ2v) is 15.1. The maximum Gasteiger partial charge on any atom is 0.524 e. The van der Waals surface area contributed by atoms with Crippen LogP contribution in [0.15, 0.2) is 60.7 Å². The first-order valence-corrected chi connectivity index (χ1v) is 21.0. The van der Waals surface area contributed by atoms with Crippen LogP contribution in [-0.2, 0) is 41.1 Å². The highest BCUT2D eigenvalue weighted by Gasteiger charge is 2.17. The van der Waals surface area contributed by atoms with Crippen molar-refractivity contribution in [3.8, 4) is 23.3 Å². The molecule has 0 aliphatic heterocycles. The van der Waals surface area contributed by atoms with Gasteiger partial charge in [-0.2, -0.15) is 0 Å². The summed E-state index contributed by atoms with van der Waals surface area (Å²) in [5, 5.41) is 27.6. The number of nitrogens with zero attached hydrogens (tertiary/aromatic N) is 2. The van der Waals surface area contributed by atoms with Crippen molar-refractivity contribution in [3.05, 3.63) is 71.8 Å². The van der Waals surface area contributed by atoms with E-state index >= 15 is 0 Å². The van der Waals surface area contributed by atoms with Crippen LogP contribution in [0.4, 0.5) is 0 Å². The van der Waals surface area contributed by atoms with E-state index in [9.17, 15) is 38.5 Å². The highest BCUT2D eigenvalue weighted by atomic mass is 31.2. The molecule has 9 N–H and O–H groups in total. The summed E-state index contributed by atoms with van der Waals surface area (Å²) in [5.74, 6) is -2.18. The molecular formula is C35H49N5O15P2. The average Bonchev–Trinajstić information content (AvgIpc) is 3.43. The van der Waals surface area contributed by atoms with Crippen LogP contribution in [0.1, 0.15) is 56.1 Å². The third kappa shape index (κ3) is 20.2. The molecule has 0 aliphatic carbocycles. The van der Waals surface area contributed by atoms with Crippen molar-refractivity contribution >= 4 is 39.3 Å². The molecule has 0 aliphatic rings. The molecule has 0 saturated carbocycles. The monoisotopic (exact) mass is 841 g/mol. The minimum absolute atomic E-state index is 0.0193. The Morgan fingerprint density at radius 2 is 1.02 bits per heavy atom. The lowest BCUT2D eigenvalue weighted by Gasteiger charge is -2.23. The SMILES string of the molecule is O=C(CCCCN(CCNC(=O)Cc1ccc(OP(=O)(O)O)cc1)CCNC(=O)Cc1ccc(OP(=O)(O)O)cc1)NCCCCCC(=O)On1c(O)ccc1O. The summed E-state index contributed by atoms with van der Waals surface area (Å²) in [4.78, 5) is 92.2. The molecule has 0 saturated heterocycles. The molecule has 57 heavy (non-hydrogen) atoms. The molecule has 0 fully saturated rings. The Labute approximate surface area is 328 Å². The normalized spacial score (nSPS) is 11.5. The highest BCUT2D eigenvalue weighted by Crippen LogP contribution is 2.38. The number of benzene rings is 2. The third-order valence-corrected chi connectivity index (χ3v) is 8.92. The first kappa shape index (κ1) is 46.4. The van der Waals surface area contributed by atoms with Gasteiger partial charge in [-0.25, -0.2) is 13.9 Å². The van der Waals surface area contributed by atoms with Gasteiger partial charge in [-0.3, -0.25) is 38.9 Å². The highest BCUT2D eigenvalue weighted by molar-refractivity contribution is 7.47. The fourth-order valence-corrected chi connectivity index (χ4v) is 6.09. The number of carbonyl (C=O) groups is 4. The van der Waals surface area contributed by atoms with Crippen molar-refractivity contribution < 1.29 is 72.0 Å². The molecule has 3 amide bonds. The maximum atomic E-state index is 12.6. The van der Waals surface area contributed by atoms with Crippen LogP contribution in [0.2, 0.25) is 0 Å². The number of phosphoric acid groups is 2. The molecule has 20 nitrogen and oxygen atoms in total. The Hall–Kier alpha value is -4.94. The van der Waals surface area contributed by atoms with E-state index in [1.165, 1.54) is 60.7 Å². The Morgan fingerprint density at radius 3 is 1.49 bits per heavy atom.